The number of rotatable bonds is 2. The maximum absolute atomic E-state index is 11.9. The standard InChI is InChI=1S/C7H7F3O/c1-3-6(5(2)4-11)7(8,9)10/h3-4H,2H2,1H3/b6-3+. The van der Waals surface area contributed by atoms with E-state index in [0.29, 0.717) is 0 Å². The molecule has 0 bridgehead atoms. The minimum absolute atomic E-state index is 0.0861. The van der Waals surface area contributed by atoms with E-state index in [-0.39, 0.29) is 6.29 Å². The Kier molecular flexibility index (Phi) is 3.04. The van der Waals surface area contributed by atoms with Crippen LogP contribution in [0.15, 0.2) is 23.8 Å². The lowest BCUT2D eigenvalue weighted by Crippen LogP contribution is -2.13. The third-order valence-corrected chi connectivity index (χ3v) is 1.08. The molecule has 0 atom stereocenters. The summed E-state index contributed by atoms with van der Waals surface area (Å²) >= 11 is 0. The van der Waals surface area contributed by atoms with Crippen LogP contribution in [0.3, 0.4) is 0 Å². The van der Waals surface area contributed by atoms with Crippen molar-refractivity contribution in [1.82, 2.24) is 0 Å². The first-order valence-electron chi connectivity index (χ1n) is 2.81. The van der Waals surface area contributed by atoms with Crippen molar-refractivity contribution in [2.75, 3.05) is 0 Å². The zero-order chi connectivity index (χ0) is 9.07. The highest BCUT2D eigenvalue weighted by molar-refractivity contribution is 5.79. The molecule has 0 unspecified atom stereocenters. The average molecular weight is 164 g/mol. The maximum atomic E-state index is 11.9. The summed E-state index contributed by atoms with van der Waals surface area (Å²) in [7, 11) is 0. The normalized spacial score (nSPS) is 12.9. The van der Waals surface area contributed by atoms with E-state index < -0.39 is 17.3 Å². The second-order valence-corrected chi connectivity index (χ2v) is 1.84. The van der Waals surface area contributed by atoms with Gasteiger partial charge in [-0.2, -0.15) is 13.2 Å². The van der Waals surface area contributed by atoms with Gasteiger partial charge in [0.1, 0.15) is 6.29 Å². The van der Waals surface area contributed by atoms with Crippen LogP contribution < -0.4 is 0 Å². The summed E-state index contributed by atoms with van der Waals surface area (Å²) < 4.78 is 35.6. The van der Waals surface area contributed by atoms with Crippen molar-refractivity contribution in [3.8, 4) is 0 Å². The van der Waals surface area contributed by atoms with Gasteiger partial charge in [0.05, 0.1) is 5.57 Å². The molecule has 0 spiro atoms. The van der Waals surface area contributed by atoms with Gasteiger partial charge in [-0.05, 0) is 6.92 Å². The largest absolute Gasteiger partial charge is 0.416 e. The van der Waals surface area contributed by atoms with Gasteiger partial charge in [0, 0.05) is 5.57 Å². The Balaban J connectivity index is 4.72. The molecule has 0 N–H and O–H groups in total. The van der Waals surface area contributed by atoms with Crippen LogP contribution in [0, 0.1) is 0 Å². The summed E-state index contributed by atoms with van der Waals surface area (Å²) in [6.07, 6.45) is -3.58. The van der Waals surface area contributed by atoms with Gasteiger partial charge in [-0.1, -0.05) is 12.7 Å². The van der Waals surface area contributed by atoms with Gasteiger partial charge in [0.2, 0.25) is 0 Å². The Morgan fingerprint density at radius 2 is 1.91 bits per heavy atom. The lowest BCUT2D eigenvalue weighted by atomic mass is 10.1. The molecule has 62 valence electrons. The number of hydrogen-bond acceptors (Lipinski definition) is 1. The molecule has 0 rings (SSSR count). The van der Waals surface area contributed by atoms with Crippen LogP contribution in [0.4, 0.5) is 13.2 Å². The van der Waals surface area contributed by atoms with Gasteiger partial charge in [0.25, 0.3) is 0 Å². The first kappa shape index (κ1) is 9.94. The quantitative estimate of drug-likeness (QED) is 0.347. The van der Waals surface area contributed by atoms with E-state index in [2.05, 4.69) is 6.58 Å². The number of carbonyl (C=O) groups is 1. The summed E-state index contributed by atoms with van der Waals surface area (Å²) in [6, 6.07) is 0. The summed E-state index contributed by atoms with van der Waals surface area (Å²) in [5.41, 5.74) is -1.52. The molecule has 1 nitrogen and oxygen atoms in total. The maximum Gasteiger partial charge on any atom is 0.416 e. The van der Waals surface area contributed by atoms with Crippen LogP contribution in [-0.4, -0.2) is 12.5 Å². The van der Waals surface area contributed by atoms with Gasteiger partial charge >= 0.3 is 6.18 Å². The van der Waals surface area contributed by atoms with Gasteiger partial charge in [-0.15, -0.1) is 0 Å². The van der Waals surface area contributed by atoms with Crippen LogP contribution in [0.2, 0.25) is 0 Å². The summed E-state index contributed by atoms with van der Waals surface area (Å²) in [6.45, 7) is 4.16. The number of carbonyl (C=O) groups excluding carboxylic acids is 1. The predicted molar refractivity (Wildman–Crippen MR) is 35.0 cm³/mol. The van der Waals surface area contributed by atoms with Crippen molar-refractivity contribution in [3.05, 3.63) is 23.8 Å². The summed E-state index contributed by atoms with van der Waals surface area (Å²) in [5, 5.41) is 0. The lowest BCUT2D eigenvalue weighted by molar-refractivity contribution is -0.108. The Morgan fingerprint density at radius 3 is 2.00 bits per heavy atom. The number of allylic oxidation sites excluding steroid dienone is 3. The minimum Gasteiger partial charge on any atom is -0.298 e. The Labute approximate surface area is 62.2 Å². The molecule has 0 aliphatic rings. The van der Waals surface area contributed by atoms with E-state index in [1.54, 1.807) is 0 Å². The molecule has 4 heteroatoms. The van der Waals surface area contributed by atoms with E-state index in [1.807, 2.05) is 0 Å². The summed E-state index contributed by atoms with van der Waals surface area (Å²) in [4.78, 5) is 9.91. The van der Waals surface area contributed by atoms with E-state index in [9.17, 15) is 18.0 Å². The van der Waals surface area contributed by atoms with E-state index >= 15 is 0 Å². The first-order chi connectivity index (χ1) is 4.93. The highest BCUT2D eigenvalue weighted by Gasteiger charge is 2.34. The van der Waals surface area contributed by atoms with Gasteiger partial charge in [0.15, 0.2) is 0 Å². The molecule has 0 aromatic heterocycles. The van der Waals surface area contributed by atoms with Crippen molar-refractivity contribution in [2.24, 2.45) is 0 Å². The third-order valence-electron chi connectivity index (χ3n) is 1.08. The van der Waals surface area contributed by atoms with Gasteiger partial charge in [-0.25, -0.2) is 0 Å². The van der Waals surface area contributed by atoms with Crippen molar-refractivity contribution < 1.29 is 18.0 Å². The number of hydrogen-bond donors (Lipinski definition) is 0. The molecule has 0 fully saturated rings. The Hall–Kier alpha value is -1.06. The molecule has 0 radical (unpaired) electrons. The van der Waals surface area contributed by atoms with E-state index in [0.717, 1.165) is 6.08 Å². The molecule has 0 aromatic carbocycles. The minimum atomic E-state index is -4.48. The van der Waals surface area contributed by atoms with Crippen molar-refractivity contribution in [3.63, 3.8) is 0 Å². The Morgan fingerprint density at radius 1 is 1.45 bits per heavy atom. The number of alkyl halides is 3. The molecule has 0 aliphatic heterocycles. The fourth-order valence-corrected chi connectivity index (χ4v) is 0.595. The molecule has 0 aromatic rings. The first-order valence-corrected chi connectivity index (χ1v) is 2.81. The molecule has 11 heavy (non-hydrogen) atoms. The molecular weight excluding hydrogens is 157 g/mol. The number of halogens is 3. The molecular formula is C7H7F3O. The number of aldehydes is 1. The smallest absolute Gasteiger partial charge is 0.298 e. The van der Waals surface area contributed by atoms with E-state index in [4.69, 9.17) is 0 Å². The van der Waals surface area contributed by atoms with Crippen molar-refractivity contribution in [1.29, 1.82) is 0 Å². The third kappa shape index (κ3) is 2.57. The highest BCUT2D eigenvalue weighted by Crippen LogP contribution is 2.29. The summed E-state index contributed by atoms with van der Waals surface area (Å²) in [5.74, 6) is 0. The Bertz CT molecular complexity index is 200. The molecule has 0 amide bonds. The van der Waals surface area contributed by atoms with Crippen LogP contribution in [0.5, 0.6) is 0 Å². The average Bonchev–Trinajstić information content (AvgIpc) is 1.86. The van der Waals surface area contributed by atoms with Crippen LogP contribution in [-0.2, 0) is 4.79 Å². The monoisotopic (exact) mass is 164 g/mol. The second kappa shape index (κ2) is 3.37. The fraction of sp³-hybridized carbons (Fsp3) is 0.286. The highest BCUT2D eigenvalue weighted by atomic mass is 19.4. The molecule has 0 saturated carbocycles. The topological polar surface area (TPSA) is 17.1 Å². The molecule has 0 saturated heterocycles. The SMILES string of the molecule is C=C(C=O)/C(=C\C)C(F)(F)F. The predicted octanol–water partition coefficient (Wildman–Crippen LogP) is 2.25. The van der Waals surface area contributed by atoms with Gasteiger partial charge < -0.3 is 0 Å². The molecule has 0 heterocycles. The zero-order valence-corrected chi connectivity index (χ0v) is 5.90. The molecule has 0 aliphatic carbocycles. The second-order valence-electron chi connectivity index (χ2n) is 1.84. The fourth-order valence-electron chi connectivity index (χ4n) is 0.595. The van der Waals surface area contributed by atoms with Crippen LogP contribution >= 0.6 is 0 Å². The van der Waals surface area contributed by atoms with Gasteiger partial charge in [-0.3, -0.25) is 4.79 Å². The lowest BCUT2D eigenvalue weighted by Gasteiger charge is -2.08. The van der Waals surface area contributed by atoms with Crippen molar-refractivity contribution in [2.45, 2.75) is 13.1 Å². The zero-order valence-electron chi connectivity index (χ0n) is 5.90. The van der Waals surface area contributed by atoms with Crippen molar-refractivity contribution >= 4 is 6.29 Å². The van der Waals surface area contributed by atoms with Crippen LogP contribution in [0.25, 0.3) is 0 Å². The van der Waals surface area contributed by atoms with Crippen LogP contribution in [0.1, 0.15) is 6.92 Å². The van der Waals surface area contributed by atoms with E-state index in [1.165, 1.54) is 6.92 Å².